The molecule has 0 spiro atoms. The van der Waals surface area contributed by atoms with Crippen LogP contribution in [0.4, 0.5) is 0 Å². The first-order chi connectivity index (χ1) is 17.9. The predicted octanol–water partition coefficient (Wildman–Crippen LogP) is 8.38. The molecule has 0 saturated heterocycles. The summed E-state index contributed by atoms with van der Waals surface area (Å²) in [5.41, 5.74) is 9.45. The largest absolute Gasteiger partial charge is 0.508 e. The molecule has 2 nitrogen and oxygen atoms in total. The smallest absolute Gasteiger partial charge is 0.116 e. The van der Waals surface area contributed by atoms with E-state index in [2.05, 4.69) is 86.6 Å². The minimum atomic E-state index is -0.510. The van der Waals surface area contributed by atoms with Gasteiger partial charge < -0.3 is 10.2 Å². The maximum absolute atomic E-state index is 10.1. The van der Waals surface area contributed by atoms with Gasteiger partial charge >= 0.3 is 0 Å². The van der Waals surface area contributed by atoms with E-state index in [1.807, 2.05) is 24.3 Å². The summed E-state index contributed by atoms with van der Waals surface area (Å²) in [6.07, 6.45) is 0. The highest BCUT2D eigenvalue weighted by molar-refractivity contribution is 5.92. The van der Waals surface area contributed by atoms with Gasteiger partial charge in [-0.15, -0.1) is 0 Å². The number of aromatic hydroxyl groups is 2. The second kappa shape index (κ2) is 7.72. The predicted molar refractivity (Wildman–Crippen MR) is 152 cm³/mol. The van der Waals surface area contributed by atoms with E-state index in [0.29, 0.717) is 0 Å². The molecule has 0 aromatic heterocycles. The fourth-order valence-corrected chi connectivity index (χ4v) is 6.28. The van der Waals surface area contributed by atoms with Gasteiger partial charge in [0.25, 0.3) is 0 Å². The molecule has 0 aliphatic heterocycles. The summed E-state index contributed by atoms with van der Waals surface area (Å²) < 4.78 is 0. The fraction of sp³-hybridized carbons (Fsp3) is 0.0857. The Kier molecular flexibility index (Phi) is 4.53. The van der Waals surface area contributed by atoms with Crippen molar-refractivity contribution in [3.63, 3.8) is 0 Å². The third kappa shape index (κ3) is 3.12. The molecule has 1 aliphatic carbocycles. The Labute approximate surface area is 216 Å². The first-order valence-electron chi connectivity index (χ1n) is 12.6. The summed E-state index contributed by atoms with van der Waals surface area (Å²) in [5, 5.41) is 24.3. The van der Waals surface area contributed by atoms with Crippen LogP contribution in [0, 0.1) is 13.8 Å². The number of aryl methyl sites for hydroxylation is 2. The molecule has 0 fully saturated rings. The molecule has 7 rings (SSSR count). The highest BCUT2D eigenvalue weighted by atomic mass is 16.3. The second-order valence-corrected chi connectivity index (χ2v) is 10.3. The summed E-state index contributed by atoms with van der Waals surface area (Å²) in [5.74, 6) is 0.547. The summed E-state index contributed by atoms with van der Waals surface area (Å²) in [7, 11) is 0. The molecule has 0 heterocycles. The van der Waals surface area contributed by atoms with E-state index in [4.69, 9.17) is 0 Å². The Morgan fingerprint density at radius 2 is 0.838 bits per heavy atom. The zero-order valence-electron chi connectivity index (χ0n) is 20.8. The normalized spacial score (nSPS) is 13.6. The van der Waals surface area contributed by atoms with Crippen molar-refractivity contribution in [3.8, 4) is 22.6 Å². The molecule has 0 atom stereocenters. The number of phenols is 2. The Balaban J connectivity index is 1.63. The van der Waals surface area contributed by atoms with E-state index in [9.17, 15) is 10.2 Å². The lowest BCUT2D eigenvalue weighted by Gasteiger charge is -2.34. The maximum Gasteiger partial charge on any atom is 0.116 e. The van der Waals surface area contributed by atoms with Gasteiger partial charge in [0.1, 0.15) is 11.5 Å². The van der Waals surface area contributed by atoms with Crippen LogP contribution >= 0.6 is 0 Å². The Morgan fingerprint density at radius 3 is 1.30 bits per heavy atom. The zero-order chi connectivity index (χ0) is 25.3. The van der Waals surface area contributed by atoms with E-state index in [1.54, 1.807) is 12.1 Å². The van der Waals surface area contributed by atoms with Crippen LogP contribution in [0.5, 0.6) is 11.5 Å². The monoisotopic (exact) mass is 478 g/mol. The number of rotatable bonds is 2. The molecule has 37 heavy (non-hydrogen) atoms. The fourth-order valence-electron chi connectivity index (χ4n) is 6.28. The third-order valence-electron chi connectivity index (χ3n) is 7.96. The van der Waals surface area contributed by atoms with Crippen LogP contribution in [0.1, 0.15) is 33.4 Å². The lowest BCUT2D eigenvalue weighted by molar-refractivity contribution is 0.475. The van der Waals surface area contributed by atoms with Crippen molar-refractivity contribution in [2.75, 3.05) is 0 Å². The van der Waals surface area contributed by atoms with Crippen molar-refractivity contribution in [1.29, 1.82) is 0 Å². The van der Waals surface area contributed by atoms with E-state index in [1.165, 1.54) is 44.5 Å². The molecular formula is C35H26O2. The van der Waals surface area contributed by atoms with Crippen molar-refractivity contribution in [1.82, 2.24) is 0 Å². The van der Waals surface area contributed by atoms with Crippen LogP contribution in [-0.2, 0) is 5.41 Å². The molecule has 2 heteroatoms. The molecule has 178 valence electrons. The highest BCUT2D eigenvalue weighted by Crippen LogP contribution is 2.57. The van der Waals surface area contributed by atoms with E-state index >= 15 is 0 Å². The van der Waals surface area contributed by atoms with Crippen molar-refractivity contribution >= 4 is 21.5 Å². The van der Waals surface area contributed by atoms with Crippen LogP contribution in [0.15, 0.2) is 109 Å². The van der Waals surface area contributed by atoms with Gasteiger partial charge in [-0.05, 0) is 105 Å². The average molecular weight is 479 g/mol. The minimum absolute atomic E-state index is 0.273. The lowest BCUT2D eigenvalue weighted by Crippen LogP contribution is -2.28. The van der Waals surface area contributed by atoms with Gasteiger partial charge in [-0.25, -0.2) is 0 Å². The molecule has 1 aliphatic rings. The molecular weight excluding hydrogens is 452 g/mol. The molecule has 0 saturated carbocycles. The Morgan fingerprint density at radius 1 is 0.432 bits per heavy atom. The SMILES string of the molecule is Cc1ccc2c(c1)-c1cc(C)ccc1C2(c1ccc2cc(O)ccc2c1)c1ccc2cc(O)ccc2c1. The lowest BCUT2D eigenvalue weighted by atomic mass is 9.67. The number of benzene rings is 6. The van der Waals surface area contributed by atoms with E-state index in [0.717, 1.165) is 21.5 Å². The molecule has 6 aromatic rings. The Hall–Kier alpha value is -4.56. The van der Waals surface area contributed by atoms with Gasteiger partial charge in [0.15, 0.2) is 0 Å². The third-order valence-corrected chi connectivity index (χ3v) is 7.96. The zero-order valence-corrected chi connectivity index (χ0v) is 20.8. The average Bonchev–Trinajstić information content (AvgIpc) is 3.17. The molecule has 0 radical (unpaired) electrons. The number of fused-ring (bicyclic) bond motifs is 5. The van der Waals surface area contributed by atoms with Gasteiger partial charge in [-0.2, -0.15) is 0 Å². The number of phenolic OH excluding ortho intramolecular Hbond substituents is 2. The topological polar surface area (TPSA) is 40.5 Å². The van der Waals surface area contributed by atoms with Gasteiger partial charge in [0.05, 0.1) is 5.41 Å². The van der Waals surface area contributed by atoms with Crippen LogP contribution in [0.2, 0.25) is 0 Å². The van der Waals surface area contributed by atoms with E-state index < -0.39 is 5.41 Å². The molecule has 2 N–H and O–H groups in total. The van der Waals surface area contributed by atoms with Crippen LogP contribution < -0.4 is 0 Å². The summed E-state index contributed by atoms with van der Waals surface area (Å²) in [6.45, 7) is 4.31. The van der Waals surface area contributed by atoms with Crippen molar-refractivity contribution in [2.45, 2.75) is 19.3 Å². The second-order valence-electron chi connectivity index (χ2n) is 10.3. The summed E-state index contributed by atoms with van der Waals surface area (Å²) >= 11 is 0. The van der Waals surface area contributed by atoms with Crippen LogP contribution in [-0.4, -0.2) is 10.2 Å². The molecule has 0 amide bonds. The van der Waals surface area contributed by atoms with Crippen molar-refractivity contribution in [2.24, 2.45) is 0 Å². The highest BCUT2D eigenvalue weighted by Gasteiger charge is 2.46. The quantitative estimate of drug-likeness (QED) is 0.262. The summed E-state index contributed by atoms with van der Waals surface area (Å²) in [4.78, 5) is 0. The standard InChI is InChI=1S/C35H26O2/c1-21-3-13-33-31(15-21)32-16-22(2)4-14-34(32)35(33,27-9-5-25-19-29(36)11-7-23(25)17-27)28-10-6-26-20-30(37)12-8-24(26)18-28/h3-20,36-37H,1-2H3. The molecule has 0 unspecified atom stereocenters. The van der Waals surface area contributed by atoms with Gasteiger partial charge in [-0.3, -0.25) is 0 Å². The molecule has 0 bridgehead atoms. The van der Waals surface area contributed by atoms with Crippen LogP contribution in [0.25, 0.3) is 32.7 Å². The van der Waals surface area contributed by atoms with Crippen molar-refractivity contribution < 1.29 is 10.2 Å². The Bertz CT molecular complexity index is 1740. The maximum atomic E-state index is 10.1. The first-order valence-corrected chi connectivity index (χ1v) is 12.6. The molecule has 6 aromatic carbocycles. The van der Waals surface area contributed by atoms with Gasteiger partial charge in [-0.1, -0.05) is 83.9 Å². The number of hydrogen-bond acceptors (Lipinski definition) is 2. The van der Waals surface area contributed by atoms with Gasteiger partial charge in [0, 0.05) is 0 Å². The minimum Gasteiger partial charge on any atom is -0.508 e. The first kappa shape index (κ1) is 21.7. The number of hydrogen-bond donors (Lipinski definition) is 2. The van der Waals surface area contributed by atoms with E-state index in [-0.39, 0.29) is 11.5 Å². The van der Waals surface area contributed by atoms with Gasteiger partial charge in [0.2, 0.25) is 0 Å². The van der Waals surface area contributed by atoms with Crippen molar-refractivity contribution in [3.05, 3.63) is 143 Å². The van der Waals surface area contributed by atoms with Crippen LogP contribution in [0.3, 0.4) is 0 Å². The summed E-state index contributed by atoms with van der Waals surface area (Å²) in [6, 6.07) is 38.0.